The average Bonchev–Trinajstić information content (AvgIpc) is 2.72. The fraction of sp³-hybridized carbons (Fsp3) is 0.182. The minimum absolute atomic E-state index is 0.0969. The molecule has 0 unspecified atom stereocenters. The van der Waals surface area contributed by atoms with E-state index in [1.807, 2.05) is 0 Å². The molecule has 0 bridgehead atoms. The summed E-state index contributed by atoms with van der Waals surface area (Å²) in [4.78, 5) is 23.9. The number of hydrogen-bond donors (Lipinski definition) is 2. The standard InChI is InChI=1S/C22H22O6/c1-3-15-5-9-17(10-6-15)21(25)27-19(23)13-14-20(24)28-22(26)18-11-7-16(4-2)8-12-18/h3-12,19-20,23-24H,1-2,13-14H2/t19-,20-/m0/s1. The SMILES string of the molecule is C=Cc1ccc(C(=O)O[C@H](O)CC[C@@H](O)OC(=O)c2ccc(C=C)cc2)cc1. The maximum atomic E-state index is 12.0. The molecule has 0 saturated carbocycles. The summed E-state index contributed by atoms with van der Waals surface area (Å²) in [6, 6.07) is 13.0. The van der Waals surface area contributed by atoms with Crippen LogP contribution in [-0.2, 0) is 9.47 Å². The van der Waals surface area contributed by atoms with Crippen LogP contribution in [-0.4, -0.2) is 34.7 Å². The molecule has 2 aromatic carbocycles. The molecule has 6 heteroatoms. The van der Waals surface area contributed by atoms with Crippen LogP contribution < -0.4 is 0 Å². The van der Waals surface area contributed by atoms with Gasteiger partial charge < -0.3 is 19.7 Å². The van der Waals surface area contributed by atoms with Gasteiger partial charge in [0.1, 0.15) is 0 Å². The molecule has 0 aliphatic carbocycles. The number of benzene rings is 2. The molecule has 0 radical (unpaired) electrons. The lowest BCUT2D eigenvalue weighted by molar-refractivity contribution is -0.103. The lowest BCUT2D eigenvalue weighted by atomic mass is 10.1. The molecule has 6 nitrogen and oxygen atoms in total. The smallest absolute Gasteiger partial charge is 0.340 e. The summed E-state index contributed by atoms with van der Waals surface area (Å²) in [6.45, 7) is 7.24. The van der Waals surface area contributed by atoms with Gasteiger partial charge in [-0.2, -0.15) is 0 Å². The van der Waals surface area contributed by atoms with Crippen molar-refractivity contribution in [2.24, 2.45) is 0 Å². The zero-order valence-electron chi connectivity index (χ0n) is 15.3. The van der Waals surface area contributed by atoms with E-state index in [0.717, 1.165) is 11.1 Å². The van der Waals surface area contributed by atoms with E-state index in [9.17, 15) is 19.8 Å². The molecule has 0 amide bonds. The maximum absolute atomic E-state index is 12.0. The van der Waals surface area contributed by atoms with Crippen LogP contribution in [0.25, 0.3) is 12.2 Å². The molecule has 2 N–H and O–H groups in total. The first-order chi connectivity index (χ1) is 13.4. The van der Waals surface area contributed by atoms with Crippen LogP contribution in [0.3, 0.4) is 0 Å². The Labute approximate surface area is 163 Å². The van der Waals surface area contributed by atoms with Crippen molar-refractivity contribution >= 4 is 24.1 Å². The quantitative estimate of drug-likeness (QED) is 0.510. The summed E-state index contributed by atoms with van der Waals surface area (Å²) in [5.74, 6) is -1.39. The number of ether oxygens (including phenoxy) is 2. The fourth-order valence-electron chi connectivity index (χ4n) is 2.30. The molecule has 2 atom stereocenters. The van der Waals surface area contributed by atoms with Gasteiger partial charge in [-0.1, -0.05) is 49.6 Å². The minimum Gasteiger partial charge on any atom is -0.432 e. The predicted molar refractivity (Wildman–Crippen MR) is 105 cm³/mol. The van der Waals surface area contributed by atoms with Gasteiger partial charge in [0.25, 0.3) is 0 Å². The molecule has 0 heterocycles. The van der Waals surface area contributed by atoms with Crippen molar-refractivity contribution in [3.63, 3.8) is 0 Å². The van der Waals surface area contributed by atoms with E-state index in [2.05, 4.69) is 13.2 Å². The van der Waals surface area contributed by atoms with Gasteiger partial charge >= 0.3 is 11.9 Å². The molecule has 0 fully saturated rings. The Hall–Kier alpha value is -3.22. The molecule has 0 spiro atoms. The van der Waals surface area contributed by atoms with E-state index < -0.39 is 24.5 Å². The van der Waals surface area contributed by atoms with Crippen molar-refractivity contribution in [1.29, 1.82) is 0 Å². The molecule has 2 rings (SSSR count). The average molecular weight is 382 g/mol. The van der Waals surface area contributed by atoms with Gasteiger partial charge in [0.2, 0.25) is 12.6 Å². The lowest BCUT2D eigenvalue weighted by Crippen LogP contribution is -2.23. The van der Waals surface area contributed by atoms with Crippen LogP contribution in [0.2, 0.25) is 0 Å². The summed E-state index contributed by atoms with van der Waals surface area (Å²) in [5, 5.41) is 19.6. The van der Waals surface area contributed by atoms with Crippen molar-refractivity contribution in [1.82, 2.24) is 0 Å². The van der Waals surface area contributed by atoms with E-state index in [1.165, 1.54) is 0 Å². The highest BCUT2D eigenvalue weighted by molar-refractivity contribution is 5.90. The first-order valence-electron chi connectivity index (χ1n) is 8.66. The number of aliphatic hydroxyl groups is 2. The number of carbonyl (C=O) groups excluding carboxylic acids is 2. The van der Waals surface area contributed by atoms with Crippen LogP contribution >= 0.6 is 0 Å². The summed E-state index contributed by atoms with van der Waals surface area (Å²) >= 11 is 0. The van der Waals surface area contributed by atoms with Crippen molar-refractivity contribution < 1.29 is 29.3 Å². The second-order valence-electron chi connectivity index (χ2n) is 5.95. The Bertz CT molecular complexity index is 752. The second-order valence-corrected chi connectivity index (χ2v) is 5.95. The molecular formula is C22H22O6. The Morgan fingerprint density at radius 1 is 0.750 bits per heavy atom. The number of esters is 2. The van der Waals surface area contributed by atoms with E-state index in [-0.39, 0.29) is 24.0 Å². The molecule has 146 valence electrons. The summed E-state index contributed by atoms with van der Waals surface area (Å²) < 4.78 is 9.81. The van der Waals surface area contributed by atoms with Gasteiger partial charge in [-0.3, -0.25) is 0 Å². The normalized spacial score (nSPS) is 12.5. The minimum atomic E-state index is -1.44. The van der Waals surface area contributed by atoms with Crippen LogP contribution in [0.4, 0.5) is 0 Å². The summed E-state index contributed by atoms with van der Waals surface area (Å²) in [6.07, 6.45) is 0.209. The van der Waals surface area contributed by atoms with Crippen LogP contribution in [0.5, 0.6) is 0 Å². The molecular weight excluding hydrogens is 360 g/mol. The van der Waals surface area contributed by atoms with Gasteiger partial charge in [0, 0.05) is 12.8 Å². The van der Waals surface area contributed by atoms with Crippen molar-refractivity contribution in [3.8, 4) is 0 Å². The van der Waals surface area contributed by atoms with Crippen molar-refractivity contribution in [2.75, 3.05) is 0 Å². The third-order valence-electron chi connectivity index (χ3n) is 3.91. The Morgan fingerprint density at radius 2 is 1.07 bits per heavy atom. The second kappa shape index (κ2) is 10.2. The highest BCUT2D eigenvalue weighted by atomic mass is 16.6. The molecule has 0 aromatic heterocycles. The number of aliphatic hydroxyl groups excluding tert-OH is 2. The highest BCUT2D eigenvalue weighted by Gasteiger charge is 2.18. The zero-order valence-corrected chi connectivity index (χ0v) is 15.3. The van der Waals surface area contributed by atoms with Crippen LogP contribution in [0.1, 0.15) is 44.7 Å². The van der Waals surface area contributed by atoms with Crippen molar-refractivity contribution in [3.05, 3.63) is 83.9 Å². The monoisotopic (exact) mass is 382 g/mol. The number of rotatable bonds is 9. The van der Waals surface area contributed by atoms with E-state index in [0.29, 0.717) is 0 Å². The molecule has 28 heavy (non-hydrogen) atoms. The van der Waals surface area contributed by atoms with Gasteiger partial charge in [-0.05, 0) is 35.4 Å². The Balaban J connectivity index is 1.78. The molecule has 0 aliphatic rings. The third kappa shape index (κ3) is 6.19. The van der Waals surface area contributed by atoms with Crippen molar-refractivity contribution in [2.45, 2.75) is 25.4 Å². The zero-order chi connectivity index (χ0) is 20.5. The highest BCUT2D eigenvalue weighted by Crippen LogP contribution is 2.12. The van der Waals surface area contributed by atoms with Crippen LogP contribution in [0, 0.1) is 0 Å². The van der Waals surface area contributed by atoms with E-state index >= 15 is 0 Å². The van der Waals surface area contributed by atoms with Gasteiger partial charge in [-0.25, -0.2) is 9.59 Å². The van der Waals surface area contributed by atoms with E-state index in [4.69, 9.17) is 9.47 Å². The van der Waals surface area contributed by atoms with E-state index in [1.54, 1.807) is 60.7 Å². The maximum Gasteiger partial charge on any atom is 0.340 e. The molecule has 0 aliphatic heterocycles. The Morgan fingerprint density at radius 3 is 1.36 bits per heavy atom. The fourth-order valence-corrected chi connectivity index (χ4v) is 2.30. The first-order valence-corrected chi connectivity index (χ1v) is 8.66. The molecule has 2 aromatic rings. The topological polar surface area (TPSA) is 93.1 Å². The van der Waals surface area contributed by atoms with Crippen LogP contribution in [0.15, 0.2) is 61.7 Å². The Kier molecular flexibility index (Phi) is 7.68. The number of carbonyl (C=O) groups is 2. The third-order valence-corrected chi connectivity index (χ3v) is 3.91. The first kappa shape index (κ1) is 21.1. The number of hydrogen-bond acceptors (Lipinski definition) is 6. The molecule has 0 saturated heterocycles. The van der Waals surface area contributed by atoms with Gasteiger partial charge in [-0.15, -0.1) is 0 Å². The van der Waals surface area contributed by atoms with Gasteiger partial charge in [0.15, 0.2) is 0 Å². The van der Waals surface area contributed by atoms with Gasteiger partial charge in [0.05, 0.1) is 11.1 Å². The lowest BCUT2D eigenvalue weighted by Gasteiger charge is -2.15. The summed E-state index contributed by atoms with van der Waals surface area (Å²) in [5.41, 5.74) is 2.25. The summed E-state index contributed by atoms with van der Waals surface area (Å²) in [7, 11) is 0. The largest absolute Gasteiger partial charge is 0.432 e. The predicted octanol–water partition coefficient (Wildman–Crippen LogP) is 3.40.